The fourth-order valence-corrected chi connectivity index (χ4v) is 3.34. The van der Waals surface area contributed by atoms with E-state index in [2.05, 4.69) is 62.8 Å². The summed E-state index contributed by atoms with van der Waals surface area (Å²) in [6, 6.07) is 11.4. The normalized spacial score (nSPS) is 12.2. The molecule has 8 N–H and O–H groups in total. The summed E-state index contributed by atoms with van der Waals surface area (Å²) in [5.41, 5.74) is 16.3. The molecule has 0 heterocycles. The van der Waals surface area contributed by atoms with Gasteiger partial charge >= 0.3 is 0 Å². The highest BCUT2D eigenvalue weighted by atomic mass is 16.1. The lowest BCUT2D eigenvalue weighted by atomic mass is 9.98. The Morgan fingerprint density at radius 2 is 1.11 bits per heavy atom. The van der Waals surface area contributed by atoms with Crippen LogP contribution in [0.1, 0.15) is 68.6 Å². The van der Waals surface area contributed by atoms with Gasteiger partial charge in [-0.3, -0.25) is 4.79 Å². The van der Waals surface area contributed by atoms with Gasteiger partial charge < -0.3 is 32.7 Å². The monoisotopic (exact) mass is 492 g/mol. The number of benzene rings is 2. The molecule has 2 aromatic rings. The second kappa shape index (κ2) is 13.1. The van der Waals surface area contributed by atoms with Crippen LogP contribution in [0.3, 0.4) is 0 Å². The minimum atomic E-state index is -0.0479. The van der Waals surface area contributed by atoms with Crippen LogP contribution < -0.4 is 32.7 Å². The van der Waals surface area contributed by atoms with Gasteiger partial charge in [-0.1, -0.05) is 24.3 Å². The van der Waals surface area contributed by atoms with Gasteiger partial charge in [0, 0.05) is 59.8 Å². The van der Waals surface area contributed by atoms with Gasteiger partial charge in [0.15, 0.2) is 5.78 Å². The molecule has 0 bridgehead atoms. The summed E-state index contributed by atoms with van der Waals surface area (Å²) in [4.78, 5) is 13.4. The number of nitrogens with two attached hydrogens (primary N) is 2. The Kier molecular flexibility index (Phi) is 10.6. The van der Waals surface area contributed by atoms with Crippen LogP contribution >= 0.6 is 0 Å². The molecule has 7 heteroatoms. The summed E-state index contributed by atoms with van der Waals surface area (Å²) in [6.07, 6.45) is 7.86. The molecule has 36 heavy (non-hydrogen) atoms. The van der Waals surface area contributed by atoms with Crippen molar-refractivity contribution >= 4 is 29.3 Å². The Morgan fingerprint density at radius 3 is 1.44 bits per heavy atom. The molecule has 0 saturated heterocycles. The summed E-state index contributed by atoms with van der Waals surface area (Å²) < 4.78 is 0. The first kappa shape index (κ1) is 28.9. The van der Waals surface area contributed by atoms with E-state index >= 15 is 0 Å². The first-order valence-electron chi connectivity index (χ1n) is 12.5. The van der Waals surface area contributed by atoms with Crippen molar-refractivity contribution in [1.29, 1.82) is 0 Å². The zero-order chi connectivity index (χ0) is 26.8. The van der Waals surface area contributed by atoms with Gasteiger partial charge in [0.2, 0.25) is 0 Å². The number of nitrogens with one attached hydrogen (secondary N) is 4. The highest BCUT2D eigenvalue weighted by Gasteiger charge is 2.14. The molecular formula is C29H44N6O. The van der Waals surface area contributed by atoms with Crippen molar-refractivity contribution in [3.05, 3.63) is 71.1 Å². The SMILES string of the molecule is CC(C)(C)N/C=C/c1ccc(C(=O)c2ccc(/C=C/NC(C)(C)C)c(NCCN)c2)cc1NCCN. The Bertz CT molecular complexity index is 977. The van der Waals surface area contributed by atoms with Crippen LogP contribution in [0.5, 0.6) is 0 Å². The van der Waals surface area contributed by atoms with Crippen molar-refractivity contribution in [2.24, 2.45) is 11.5 Å². The predicted octanol–water partition coefficient (Wildman–Crippen LogP) is 4.38. The molecular weight excluding hydrogens is 448 g/mol. The molecule has 0 aromatic heterocycles. The third-order valence-electron chi connectivity index (χ3n) is 5.11. The molecule has 196 valence electrons. The predicted molar refractivity (Wildman–Crippen MR) is 155 cm³/mol. The largest absolute Gasteiger partial charge is 0.386 e. The number of carbonyl (C=O) groups excluding carboxylic acids is 1. The molecule has 0 fully saturated rings. The zero-order valence-electron chi connectivity index (χ0n) is 22.7. The van der Waals surface area contributed by atoms with E-state index in [0.717, 1.165) is 22.5 Å². The van der Waals surface area contributed by atoms with Gasteiger partial charge in [-0.15, -0.1) is 0 Å². The Morgan fingerprint density at radius 1 is 0.722 bits per heavy atom. The Balaban J connectivity index is 2.35. The number of rotatable bonds is 12. The second-order valence-corrected chi connectivity index (χ2v) is 10.8. The first-order chi connectivity index (χ1) is 16.9. The summed E-state index contributed by atoms with van der Waals surface area (Å²) in [7, 11) is 0. The van der Waals surface area contributed by atoms with Crippen molar-refractivity contribution in [1.82, 2.24) is 10.6 Å². The quantitative estimate of drug-likeness (QED) is 0.244. The van der Waals surface area contributed by atoms with E-state index in [9.17, 15) is 4.79 Å². The topological polar surface area (TPSA) is 117 Å². The lowest BCUT2D eigenvalue weighted by Crippen LogP contribution is -2.30. The van der Waals surface area contributed by atoms with Crippen LogP contribution in [-0.2, 0) is 0 Å². The molecule has 0 atom stereocenters. The Hall–Kier alpha value is -3.29. The Labute approximate surface area is 216 Å². The van der Waals surface area contributed by atoms with Gasteiger partial charge in [-0.05, 0) is 89.4 Å². The molecule has 0 saturated carbocycles. The van der Waals surface area contributed by atoms with Gasteiger partial charge in [0.05, 0.1) is 0 Å². The highest BCUT2D eigenvalue weighted by Crippen LogP contribution is 2.25. The minimum absolute atomic E-state index is 0.0307. The molecule has 7 nitrogen and oxygen atoms in total. The number of hydrogen-bond donors (Lipinski definition) is 6. The molecule has 0 amide bonds. The number of hydrogen-bond acceptors (Lipinski definition) is 7. The highest BCUT2D eigenvalue weighted by molar-refractivity contribution is 6.10. The molecule has 0 unspecified atom stereocenters. The molecule has 2 aromatic carbocycles. The van der Waals surface area contributed by atoms with Gasteiger partial charge in [-0.2, -0.15) is 0 Å². The van der Waals surface area contributed by atoms with Crippen molar-refractivity contribution < 1.29 is 4.79 Å². The molecule has 0 aliphatic rings. The lowest BCUT2D eigenvalue weighted by molar-refractivity contribution is 0.103. The van der Waals surface area contributed by atoms with Crippen LogP contribution in [0, 0.1) is 0 Å². The third-order valence-corrected chi connectivity index (χ3v) is 5.11. The average molecular weight is 493 g/mol. The number of anilines is 2. The molecule has 0 aliphatic heterocycles. The molecule has 0 aliphatic carbocycles. The van der Waals surface area contributed by atoms with Crippen LogP contribution in [0.2, 0.25) is 0 Å². The van der Waals surface area contributed by atoms with E-state index in [1.807, 2.05) is 61.0 Å². The smallest absolute Gasteiger partial charge is 0.193 e. The first-order valence-corrected chi connectivity index (χ1v) is 12.5. The van der Waals surface area contributed by atoms with Gasteiger partial charge in [0.1, 0.15) is 0 Å². The summed E-state index contributed by atoms with van der Waals surface area (Å²) >= 11 is 0. The van der Waals surface area contributed by atoms with E-state index in [4.69, 9.17) is 11.5 Å². The molecule has 0 spiro atoms. The summed E-state index contributed by atoms with van der Waals surface area (Å²) in [5.74, 6) is -0.0479. The van der Waals surface area contributed by atoms with E-state index in [0.29, 0.717) is 37.3 Å². The maximum atomic E-state index is 13.4. The van der Waals surface area contributed by atoms with Crippen molar-refractivity contribution in [2.75, 3.05) is 36.8 Å². The molecule has 2 rings (SSSR count). The standard InChI is InChI=1S/C29H44N6O/c1-28(2,3)34-15-11-21-7-9-23(19-25(21)32-17-13-30)27(36)24-10-8-22(12-16-35-29(4,5)6)26(20-24)33-18-14-31/h7-12,15-16,19-20,32-35H,13-14,17-18,30-31H2,1-6H3/b15-11+,16-12+. The fourth-order valence-electron chi connectivity index (χ4n) is 3.34. The maximum Gasteiger partial charge on any atom is 0.193 e. The summed E-state index contributed by atoms with van der Waals surface area (Å²) in [5, 5.41) is 13.4. The molecule has 0 radical (unpaired) electrons. The fraction of sp³-hybridized carbons (Fsp3) is 0.414. The van der Waals surface area contributed by atoms with E-state index in [-0.39, 0.29) is 16.9 Å². The average Bonchev–Trinajstić information content (AvgIpc) is 2.80. The zero-order valence-corrected chi connectivity index (χ0v) is 22.7. The minimum Gasteiger partial charge on any atom is -0.386 e. The van der Waals surface area contributed by atoms with Crippen molar-refractivity contribution in [2.45, 2.75) is 52.6 Å². The van der Waals surface area contributed by atoms with Gasteiger partial charge in [0.25, 0.3) is 0 Å². The van der Waals surface area contributed by atoms with E-state index in [1.165, 1.54) is 0 Å². The van der Waals surface area contributed by atoms with E-state index < -0.39 is 0 Å². The van der Waals surface area contributed by atoms with Gasteiger partial charge in [-0.25, -0.2) is 0 Å². The third kappa shape index (κ3) is 9.76. The van der Waals surface area contributed by atoms with Crippen LogP contribution in [-0.4, -0.2) is 43.0 Å². The van der Waals surface area contributed by atoms with Crippen LogP contribution in [0.15, 0.2) is 48.8 Å². The van der Waals surface area contributed by atoms with E-state index in [1.54, 1.807) is 0 Å². The maximum absolute atomic E-state index is 13.4. The van der Waals surface area contributed by atoms with Crippen LogP contribution in [0.25, 0.3) is 12.2 Å². The van der Waals surface area contributed by atoms with Crippen LogP contribution in [0.4, 0.5) is 11.4 Å². The summed E-state index contributed by atoms with van der Waals surface area (Å²) in [6.45, 7) is 14.8. The number of ketones is 1. The lowest BCUT2D eigenvalue weighted by Gasteiger charge is -2.19. The number of carbonyl (C=O) groups is 1. The van der Waals surface area contributed by atoms with Crippen molar-refractivity contribution in [3.63, 3.8) is 0 Å². The second-order valence-electron chi connectivity index (χ2n) is 10.8. The van der Waals surface area contributed by atoms with Crippen molar-refractivity contribution in [3.8, 4) is 0 Å².